The molecule has 0 spiro atoms. The smallest absolute Gasteiger partial charge is 0.233 e. The number of hydrogen-bond acceptors (Lipinski definition) is 9. The fraction of sp³-hybridized carbons (Fsp3) is 0.471. The van der Waals surface area contributed by atoms with E-state index >= 15 is 0 Å². The van der Waals surface area contributed by atoms with Crippen LogP contribution in [0, 0.1) is 0 Å². The summed E-state index contributed by atoms with van der Waals surface area (Å²) in [5, 5.41) is 12.0. The van der Waals surface area contributed by atoms with E-state index in [1.807, 2.05) is 31.2 Å². The van der Waals surface area contributed by atoms with E-state index in [1.165, 1.54) is 28.0 Å². The van der Waals surface area contributed by atoms with E-state index in [4.69, 9.17) is 4.74 Å². The van der Waals surface area contributed by atoms with Crippen LogP contribution < -0.4 is 10.1 Å². The van der Waals surface area contributed by atoms with Crippen LogP contribution in [0.15, 0.2) is 28.6 Å². The minimum atomic E-state index is -3.01. The molecule has 1 aliphatic rings. The van der Waals surface area contributed by atoms with Gasteiger partial charge in [-0.2, -0.15) is 0 Å². The van der Waals surface area contributed by atoms with Crippen LogP contribution in [-0.4, -0.2) is 66.4 Å². The summed E-state index contributed by atoms with van der Waals surface area (Å²) < 4.78 is 29.4. The van der Waals surface area contributed by atoms with Gasteiger partial charge in [-0.1, -0.05) is 35.2 Å². The Kier molecular flexibility index (Phi) is 6.78. The molecular weight excluding hydrogens is 420 g/mol. The van der Waals surface area contributed by atoms with Crippen molar-refractivity contribution in [2.45, 2.75) is 23.7 Å². The quantitative estimate of drug-likeness (QED) is 0.622. The van der Waals surface area contributed by atoms with Gasteiger partial charge in [-0.05, 0) is 25.5 Å². The van der Waals surface area contributed by atoms with Crippen LogP contribution in [0.5, 0.6) is 5.75 Å². The van der Waals surface area contributed by atoms with Crippen LogP contribution >= 0.6 is 23.1 Å². The van der Waals surface area contributed by atoms with E-state index in [1.54, 1.807) is 7.05 Å². The zero-order valence-electron chi connectivity index (χ0n) is 15.6. The summed E-state index contributed by atoms with van der Waals surface area (Å²) in [5.41, 5.74) is 0.801. The van der Waals surface area contributed by atoms with Gasteiger partial charge in [0, 0.05) is 13.1 Å². The lowest BCUT2D eigenvalue weighted by atomic mass is 10.2. The number of aromatic nitrogens is 2. The number of amides is 1. The molecule has 1 saturated heterocycles. The molecule has 11 heteroatoms. The van der Waals surface area contributed by atoms with Crippen LogP contribution in [0.3, 0.4) is 0 Å². The van der Waals surface area contributed by atoms with Crippen molar-refractivity contribution in [1.29, 1.82) is 0 Å². The monoisotopic (exact) mass is 442 g/mol. The number of sulfone groups is 1. The second kappa shape index (κ2) is 9.10. The van der Waals surface area contributed by atoms with E-state index in [0.717, 1.165) is 11.4 Å². The molecule has 0 saturated carbocycles. The zero-order chi connectivity index (χ0) is 20.1. The van der Waals surface area contributed by atoms with Crippen molar-refractivity contribution in [3.63, 3.8) is 0 Å². The Balaban J connectivity index is 1.54. The second-order valence-electron chi connectivity index (χ2n) is 6.28. The van der Waals surface area contributed by atoms with Gasteiger partial charge < -0.3 is 15.0 Å². The van der Waals surface area contributed by atoms with E-state index in [2.05, 4.69) is 15.5 Å². The number of ether oxygens (including phenoxy) is 1. The summed E-state index contributed by atoms with van der Waals surface area (Å²) in [6.07, 6.45) is 0.501. The summed E-state index contributed by atoms with van der Waals surface area (Å²) in [6.45, 7) is 2.49. The highest BCUT2D eigenvalue weighted by Crippen LogP contribution is 2.31. The first-order valence-corrected chi connectivity index (χ1v) is 12.4. The van der Waals surface area contributed by atoms with Crippen molar-refractivity contribution >= 4 is 49.7 Å². The molecule has 0 unspecified atom stereocenters. The molecule has 1 aromatic heterocycles. The largest absolute Gasteiger partial charge is 0.492 e. The molecule has 28 heavy (non-hydrogen) atoms. The minimum absolute atomic E-state index is 0.0476. The van der Waals surface area contributed by atoms with Gasteiger partial charge in [-0.25, -0.2) is 8.42 Å². The van der Waals surface area contributed by atoms with Crippen LogP contribution in [0.2, 0.25) is 0 Å². The van der Waals surface area contributed by atoms with Crippen LogP contribution in [-0.2, 0) is 14.6 Å². The number of hydrogen-bond donors (Lipinski definition) is 1. The molecule has 2 aromatic rings. The molecule has 1 aromatic carbocycles. The lowest BCUT2D eigenvalue weighted by Crippen LogP contribution is -2.38. The van der Waals surface area contributed by atoms with Gasteiger partial charge in [0.25, 0.3) is 0 Å². The van der Waals surface area contributed by atoms with Gasteiger partial charge in [0.2, 0.25) is 11.0 Å². The molecule has 1 atom stereocenters. The molecule has 8 nitrogen and oxygen atoms in total. The van der Waals surface area contributed by atoms with Gasteiger partial charge in [0.15, 0.2) is 14.2 Å². The molecule has 1 amide bonds. The average molecular weight is 443 g/mol. The maximum absolute atomic E-state index is 12.4. The number of rotatable bonds is 8. The van der Waals surface area contributed by atoms with Gasteiger partial charge in [-0.3, -0.25) is 4.79 Å². The molecular formula is C17H22N4O4S3. The van der Waals surface area contributed by atoms with Crippen molar-refractivity contribution in [3.8, 4) is 5.75 Å². The number of carbonyl (C=O) groups is 1. The van der Waals surface area contributed by atoms with Gasteiger partial charge in [0.05, 0.1) is 29.6 Å². The normalized spacial score (nSPS) is 18.0. The van der Waals surface area contributed by atoms with Crippen molar-refractivity contribution in [1.82, 2.24) is 15.1 Å². The van der Waals surface area contributed by atoms with Crippen molar-refractivity contribution < 1.29 is 17.9 Å². The predicted octanol–water partition coefficient (Wildman–Crippen LogP) is 2.42. The first kappa shape index (κ1) is 20.9. The standard InChI is InChI=1S/C17H22N4O4S3/c1-3-25-14-7-5-4-6-13(14)18-16-19-20-17(27-16)26-10-15(22)21(2)12-8-9-28(23,24)11-12/h4-7,12H,3,8-11H2,1-2H3,(H,18,19)/t12-/m1/s1. The van der Waals surface area contributed by atoms with Crippen molar-refractivity contribution in [2.24, 2.45) is 0 Å². The Morgan fingerprint density at radius 1 is 1.39 bits per heavy atom. The highest BCUT2D eigenvalue weighted by atomic mass is 32.2. The number of para-hydroxylation sites is 2. The Morgan fingerprint density at radius 2 is 2.18 bits per heavy atom. The minimum Gasteiger partial charge on any atom is -0.492 e. The highest BCUT2D eigenvalue weighted by Gasteiger charge is 2.32. The first-order valence-electron chi connectivity index (χ1n) is 8.79. The van der Waals surface area contributed by atoms with E-state index in [0.29, 0.717) is 22.5 Å². The maximum atomic E-state index is 12.4. The predicted molar refractivity (Wildman–Crippen MR) is 111 cm³/mol. The summed E-state index contributed by atoms with van der Waals surface area (Å²) in [5.74, 6) is 1.01. The summed E-state index contributed by atoms with van der Waals surface area (Å²) >= 11 is 2.64. The number of nitrogens with zero attached hydrogens (tertiary/aromatic N) is 3. The Morgan fingerprint density at radius 3 is 2.89 bits per heavy atom. The molecule has 0 bridgehead atoms. The number of nitrogens with one attached hydrogen (secondary N) is 1. The third-order valence-electron chi connectivity index (χ3n) is 4.30. The lowest BCUT2D eigenvalue weighted by Gasteiger charge is -2.22. The van der Waals surface area contributed by atoms with E-state index in [-0.39, 0.29) is 29.2 Å². The Bertz CT molecular complexity index is 932. The number of benzene rings is 1. The molecule has 0 aliphatic carbocycles. The fourth-order valence-corrected chi connectivity index (χ4v) is 6.26. The molecule has 0 radical (unpaired) electrons. The SMILES string of the molecule is CCOc1ccccc1Nc1nnc(SCC(=O)N(C)[C@@H]2CCS(=O)(=O)C2)s1. The number of carbonyl (C=O) groups excluding carboxylic acids is 1. The third kappa shape index (κ3) is 5.36. The highest BCUT2D eigenvalue weighted by molar-refractivity contribution is 8.01. The summed E-state index contributed by atoms with van der Waals surface area (Å²) in [6, 6.07) is 7.34. The van der Waals surface area contributed by atoms with Gasteiger partial charge in [-0.15, -0.1) is 10.2 Å². The van der Waals surface area contributed by atoms with E-state index in [9.17, 15) is 13.2 Å². The number of anilines is 2. The molecule has 1 aliphatic heterocycles. The topological polar surface area (TPSA) is 101 Å². The average Bonchev–Trinajstić information content (AvgIpc) is 3.26. The molecule has 3 rings (SSSR count). The lowest BCUT2D eigenvalue weighted by molar-refractivity contribution is -0.128. The van der Waals surface area contributed by atoms with Crippen LogP contribution in [0.4, 0.5) is 10.8 Å². The first-order chi connectivity index (χ1) is 13.4. The molecule has 1 fully saturated rings. The van der Waals surface area contributed by atoms with Gasteiger partial charge in [0.1, 0.15) is 5.75 Å². The van der Waals surface area contributed by atoms with E-state index < -0.39 is 9.84 Å². The van der Waals surface area contributed by atoms with Crippen LogP contribution in [0.1, 0.15) is 13.3 Å². The summed E-state index contributed by atoms with van der Waals surface area (Å²) in [4.78, 5) is 13.9. The number of thioether (sulfide) groups is 1. The second-order valence-corrected chi connectivity index (χ2v) is 10.7. The molecule has 1 N–H and O–H groups in total. The van der Waals surface area contributed by atoms with Crippen molar-refractivity contribution in [3.05, 3.63) is 24.3 Å². The third-order valence-corrected chi connectivity index (χ3v) is 8.01. The summed E-state index contributed by atoms with van der Waals surface area (Å²) in [7, 11) is -1.36. The van der Waals surface area contributed by atoms with Gasteiger partial charge >= 0.3 is 0 Å². The van der Waals surface area contributed by atoms with Crippen LogP contribution in [0.25, 0.3) is 0 Å². The van der Waals surface area contributed by atoms with Crippen molar-refractivity contribution in [2.75, 3.05) is 36.2 Å². The molecule has 152 valence electrons. The zero-order valence-corrected chi connectivity index (χ0v) is 18.1. The maximum Gasteiger partial charge on any atom is 0.233 e. The Labute approximate surface area is 172 Å². The Hall–Kier alpha value is -1.85. The fourth-order valence-electron chi connectivity index (χ4n) is 2.79. The molecule has 2 heterocycles.